The van der Waals surface area contributed by atoms with Gasteiger partial charge in [-0.3, -0.25) is 0 Å². The van der Waals surface area contributed by atoms with Crippen LogP contribution in [0.5, 0.6) is 0 Å². The average molecular weight is 283 g/mol. The first kappa shape index (κ1) is 13.0. The van der Waals surface area contributed by atoms with Crippen LogP contribution >= 0.6 is 0 Å². The van der Waals surface area contributed by atoms with E-state index in [9.17, 15) is 0 Å². The van der Waals surface area contributed by atoms with Gasteiger partial charge in [-0.25, -0.2) is 0 Å². The van der Waals surface area contributed by atoms with Gasteiger partial charge in [-0.1, -0.05) is 18.1 Å². The summed E-state index contributed by atoms with van der Waals surface area (Å²) < 4.78 is 5.51. The van der Waals surface area contributed by atoms with Crippen molar-refractivity contribution in [3.05, 3.63) is 35.2 Å². The predicted octanol–water partition coefficient (Wildman–Crippen LogP) is 3.29. The highest BCUT2D eigenvalue weighted by molar-refractivity contribution is 5.56. The summed E-state index contributed by atoms with van der Waals surface area (Å²) in [6.07, 6.45) is 4.76. The molecule has 1 N–H and O–H groups in total. The summed E-state index contributed by atoms with van der Waals surface area (Å²) in [4.78, 5) is 4.65. The summed E-state index contributed by atoms with van der Waals surface area (Å²) in [5.74, 6) is 2.83. The zero-order valence-corrected chi connectivity index (χ0v) is 12.4. The van der Waals surface area contributed by atoms with E-state index in [1.165, 1.54) is 30.4 Å². The highest BCUT2D eigenvalue weighted by atomic mass is 16.5. The number of fused-ring (bicyclic) bond motifs is 1. The first-order valence-electron chi connectivity index (χ1n) is 7.96. The Morgan fingerprint density at radius 1 is 1.24 bits per heavy atom. The van der Waals surface area contributed by atoms with E-state index in [2.05, 4.69) is 40.6 Å². The Hall–Kier alpha value is -1.68. The number of nitrogens with one attached hydrogen (secondary N) is 1. The van der Waals surface area contributed by atoms with Gasteiger partial charge in [-0.05, 0) is 61.4 Å². The zero-order valence-electron chi connectivity index (χ0n) is 12.4. The van der Waals surface area contributed by atoms with Gasteiger partial charge in [0.05, 0.1) is 0 Å². The lowest BCUT2D eigenvalue weighted by atomic mass is 9.98. The van der Waals surface area contributed by atoms with Gasteiger partial charge < -0.3 is 9.84 Å². The van der Waals surface area contributed by atoms with Gasteiger partial charge in [-0.2, -0.15) is 4.98 Å². The van der Waals surface area contributed by atoms with E-state index in [1.54, 1.807) is 0 Å². The summed E-state index contributed by atoms with van der Waals surface area (Å²) in [5, 5.41) is 7.63. The molecule has 4 heteroatoms. The SMILES string of the molecule is CC1CCC(c2noc(-c3ccc4c(c3)CNCC4)n2)C1. The second kappa shape index (κ2) is 5.26. The molecule has 0 amide bonds. The van der Waals surface area contributed by atoms with E-state index in [1.807, 2.05) is 0 Å². The molecule has 21 heavy (non-hydrogen) atoms. The molecule has 4 nitrogen and oxygen atoms in total. The molecule has 2 heterocycles. The van der Waals surface area contributed by atoms with E-state index in [0.717, 1.165) is 36.8 Å². The van der Waals surface area contributed by atoms with Crippen LogP contribution in [0.4, 0.5) is 0 Å². The van der Waals surface area contributed by atoms with Gasteiger partial charge in [0.1, 0.15) is 0 Å². The molecule has 2 unspecified atom stereocenters. The fourth-order valence-electron chi connectivity index (χ4n) is 3.57. The Labute approximate surface area is 124 Å². The van der Waals surface area contributed by atoms with Gasteiger partial charge in [0.25, 0.3) is 5.89 Å². The quantitative estimate of drug-likeness (QED) is 0.919. The minimum absolute atomic E-state index is 0.483. The second-order valence-electron chi connectivity index (χ2n) is 6.48. The monoisotopic (exact) mass is 283 g/mol. The number of rotatable bonds is 2. The lowest BCUT2D eigenvalue weighted by molar-refractivity contribution is 0.414. The van der Waals surface area contributed by atoms with Gasteiger partial charge in [-0.15, -0.1) is 0 Å². The molecule has 2 aromatic rings. The number of hydrogen-bond acceptors (Lipinski definition) is 4. The maximum atomic E-state index is 5.51. The summed E-state index contributed by atoms with van der Waals surface area (Å²) in [5.41, 5.74) is 3.83. The molecule has 1 aromatic heterocycles. The molecule has 4 rings (SSSR count). The fraction of sp³-hybridized carbons (Fsp3) is 0.529. The van der Waals surface area contributed by atoms with Crippen molar-refractivity contribution in [1.82, 2.24) is 15.5 Å². The smallest absolute Gasteiger partial charge is 0.257 e. The van der Waals surface area contributed by atoms with E-state index in [-0.39, 0.29) is 0 Å². The molecule has 1 aliphatic heterocycles. The summed E-state index contributed by atoms with van der Waals surface area (Å²) in [7, 11) is 0. The third-order valence-corrected chi connectivity index (χ3v) is 4.84. The molecule has 1 fully saturated rings. The molecule has 2 atom stereocenters. The van der Waals surface area contributed by atoms with Crippen molar-refractivity contribution in [3.8, 4) is 11.5 Å². The van der Waals surface area contributed by atoms with Crippen molar-refractivity contribution in [2.45, 2.75) is 45.1 Å². The van der Waals surface area contributed by atoms with Gasteiger partial charge in [0, 0.05) is 18.0 Å². The summed E-state index contributed by atoms with van der Waals surface area (Å²) in [6.45, 7) is 4.30. The van der Waals surface area contributed by atoms with Crippen LogP contribution in [-0.4, -0.2) is 16.7 Å². The molecule has 0 spiro atoms. The van der Waals surface area contributed by atoms with E-state index >= 15 is 0 Å². The van der Waals surface area contributed by atoms with Crippen LogP contribution in [-0.2, 0) is 13.0 Å². The van der Waals surface area contributed by atoms with Gasteiger partial charge >= 0.3 is 0 Å². The van der Waals surface area contributed by atoms with Gasteiger partial charge in [0.2, 0.25) is 0 Å². The van der Waals surface area contributed by atoms with Crippen LogP contribution in [0.2, 0.25) is 0 Å². The molecule has 2 aliphatic rings. The number of nitrogens with zero attached hydrogens (tertiary/aromatic N) is 2. The molecule has 0 saturated heterocycles. The van der Waals surface area contributed by atoms with Crippen LogP contribution in [0.25, 0.3) is 11.5 Å². The van der Waals surface area contributed by atoms with Crippen LogP contribution in [0, 0.1) is 5.92 Å². The third kappa shape index (κ3) is 2.48. The minimum Gasteiger partial charge on any atom is -0.334 e. The lowest BCUT2D eigenvalue weighted by Crippen LogP contribution is -2.23. The average Bonchev–Trinajstić information content (AvgIpc) is 3.15. The van der Waals surface area contributed by atoms with Crippen molar-refractivity contribution in [1.29, 1.82) is 0 Å². The topological polar surface area (TPSA) is 51.0 Å². The van der Waals surface area contributed by atoms with Crippen molar-refractivity contribution in [3.63, 3.8) is 0 Å². The Bertz CT molecular complexity index is 649. The first-order chi connectivity index (χ1) is 10.3. The molecule has 1 saturated carbocycles. The largest absolute Gasteiger partial charge is 0.334 e. The van der Waals surface area contributed by atoms with Crippen LogP contribution in [0.3, 0.4) is 0 Å². The number of aromatic nitrogens is 2. The molecule has 110 valence electrons. The Balaban J connectivity index is 1.60. The summed E-state index contributed by atoms with van der Waals surface area (Å²) >= 11 is 0. The van der Waals surface area contributed by atoms with Crippen molar-refractivity contribution in [2.75, 3.05) is 6.54 Å². The van der Waals surface area contributed by atoms with Crippen LogP contribution in [0.15, 0.2) is 22.7 Å². The Morgan fingerprint density at radius 3 is 3.05 bits per heavy atom. The Kier molecular flexibility index (Phi) is 3.26. The normalized spacial score (nSPS) is 25.0. The third-order valence-electron chi connectivity index (χ3n) is 4.84. The van der Waals surface area contributed by atoms with Gasteiger partial charge in [0.15, 0.2) is 5.82 Å². The number of benzene rings is 1. The maximum absolute atomic E-state index is 5.51. The highest BCUT2D eigenvalue weighted by Crippen LogP contribution is 2.37. The maximum Gasteiger partial charge on any atom is 0.257 e. The zero-order chi connectivity index (χ0) is 14.2. The van der Waals surface area contributed by atoms with Crippen LogP contribution < -0.4 is 5.32 Å². The van der Waals surface area contributed by atoms with Crippen molar-refractivity contribution < 1.29 is 4.52 Å². The van der Waals surface area contributed by atoms with Crippen molar-refractivity contribution in [2.24, 2.45) is 5.92 Å². The summed E-state index contributed by atoms with van der Waals surface area (Å²) in [6, 6.07) is 6.50. The first-order valence-corrected chi connectivity index (χ1v) is 7.96. The molecule has 0 bridgehead atoms. The minimum atomic E-state index is 0.483. The van der Waals surface area contributed by atoms with E-state index in [4.69, 9.17) is 4.52 Å². The fourth-order valence-corrected chi connectivity index (χ4v) is 3.57. The second-order valence-corrected chi connectivity index (χ2v) is 6.48. The molecular formula is C17H21N3O. The molecule has 1 aromatic carbocycles. The van der Waals surface area contributed by atoms with Crippen molar-refractivity contribution >= 4 is 0 Å². The van der Waals surface area contributed by atoms with E-state index < -0.39 is 0 Å². The molecule has 1 aliphatic carbocycles. The van der Waals surface area contributed by atoms with E-state index in [0.29, 0.717) is 11.8 Å². The predicted molar refractivity (Wildman–Crippen MR) is 80.9 cm³/mol. The molecule has 0 radical (unpaired) electrons. The lowest BCUT2D eigenvalue weighted by Gasteiger charge is -2.17. The van der Waals surface area contributed by atoms with Crippen LogP contribution in [0.1, 0.15) is 49.1 Å². The Morgan fingerprint density at radius 2 is 2.19 bits per heavy atom. The highest BCUT2D eigenvalue weighted by Gasteiger charge is 2.27. The standard InChI is InChI=1S/C17H21N3O/c1-11-2-3-13(8-11)16-19-17(21-20-16)14-5-4-12-6-7-18-10-15(12)9-14/h4-5,9,11,13,18H,2-3,6-8,10H2,1H3. The molecular weight excluding hydrogens is 262 g/mol. The number of hydrogen-bond donors (Lipinski definition) is 1.